The number of hydrogen-bond acceptors (Lipinski definition) is 8. The van der Waals surface area contributed by atoms with Gasteiger partial charge in [-0.25, -0.2) is 0 Å². The second kappa shape index (κ2) is 8.24. The average Bonchev–Trinajstić information content (AvgIpc) is 3.40. The third-order valence-electron chi connectivity index (χ3n) is 5.13. The molecule has 2 aliphatic rings. The molecule has 1 aromatic heterocycles. The number of ether oxygens (including phenoxy) is 4. The van der Waals surface area contributed by atoms with Crippen molar-refractivity contribution < 1.29 is 23.5 Å². The zero-order valence-corrected chi connectivity index (χ0v) is 15.7. The first-order valence-corrected chi connectivity index (χ1v) is 9.27. The molecule has 3 heterocycles. The normalized spacial score (nSPS) is 19.5. The number of rotatable bonds is 6. The van der Waals surface area contributed by atoms with E-state index in [1.54, 1.807) is 14.2 Å². The highest BCUT2D eigenvalue weighted by atomic mass is 16.7. The van der Waals surface area contributed by atoms with Crippen molar-refractivity contribution in [2.75, 3.05) is 40.5 Å². The second-order valence-electron chi connectivity index (χ2n) is 6.81. The number of piperidine rings is 1. The van der Waals surface area contributed by atoms with Crippen molar-refractivity contribution in [1.29, 1.82) is 0 Å². The third kappa shape index (κ3) is 4.07. The molecule has 2 fully saturated rings. The monoisotopic (exact) mass is 375 g/mol. The van der Waals surface area contributed by atoms with Gasteiger partial charge in [-0.05, 0) is 44.1 Å². The molecule has 0 amide bonds. The molecule has 2 saturated heterocycles. The van der Waals surface area contributed by atoms with Gasteiger partial charge in [0.2, 0.25) is 11.7 Å². The summed E-state index contributed by atoms with van der Waals surface area (Å²) in [5.41, 5.74) is 0.830. The molecule has 0 unspecified atom stereocenters. The molecule has 4 rings (SSSR count). The Kier molecular flexibility index (Phi) is 5.56. The molecule has 2 aliphatic heterocycles. The number of nitrogens with zero attached hydrogens (tertiary/aromatic N) is 3. The van der Waals surface area contributed by atoms with Crippen LogP contribution in [-0.2, 0) is 16.0 Å². The Balaban J connectivity index is 1.36. The number of methoxy groups -OCH3 is 2. The minimum atomic E-state index is -0.0211. The lowest BCUT2D eigenvalue weighted by atomic mass is 9.96. The predicted molar refractivity (Wildman–Crippen MR) is 96.5 cm³/mol. The second-order valence-corrected chi connectivity index (χ2v) is 6.81. The van der Waals surface area contributed by atoms with Crippen LogP contribution in [-0.4, -0.2) is 61.9 Å². The van der Waals surface area contributed by atoms with E-state index in [9.17, 15) is 0 Å². The van der Waals surface area contributed by atoms with Gasteiger partial charge in [0, 0.05) is 11.5 Å². The van der Waals surface area contributed by atoms with Gasteiger partial charge >= 0.3 is 0 Å². The minimum absolute atomic E-state index is 0.0211. The van der Waals surface area contributed by atoms with Crippen LogP contribution in [0.1, 0.15) is 18.7 Å². The highest BCUT2D eigenvalue weighted by molar-refractivity contribution is 5.60. The van der Waals surface area contributed by atoms with Crippen LogP contribution in [0.5, 0.6) is 11.5 Å². The molecule has 0 N–H and O–H groups in total. The van der Waals surface area contributed by atoms with Crippen LogP contribution in [0.4, 0.5) is 0 Å². The zero-order valence-electron chi connectivity index (χ0n) is 15.7. The van der Waals surface area contributed by atoms with Crippen molar-refractivity contribution in [2.24, 2.45) is 5.92 Å². The summed E-state index contributed by atoms with van der Waals surface area (Å²) >= 11 is 0. The number of likely N-dealkylation sites (tertiary alicyclic amines) is 1. The molecule has 146 valence electrons. The van der Waals surface area contributed by atoms with E-state index < -0.39 is 0 Å². The average molecular weight is 375 g/mol. The summed E-state index contributed by atoms with van der Waals surface area (Å²) in [6.45, 7) is 4.03. The summed E-state index contributed by atoms with van der Waals surface area (Å²) in [5.74, 6) is 2.96. The molecule has 2 aromatic rings. The lowest BCUT2D eigenvalue weighted by molar-refractivity contribution is -0.0981. The maximum absolute atomic E-state index is 5.63. The van der Waals surface area contributed by atoms with Gasteiger partial charge in [0.05, 0.1) is 34.0 Å². The van der Waals surface area contributed by atoms with Crippen LogP contribution in [0.15, 0.2) is 22.7 Å². The van der Waals surface area contributed by atoms with Crippen molar-refractivity contribution in [1.82, 2.24) is 15.0 Å². The lowest BCUT2D eigenvalue weighted by Gasteiger charge is -2.32. The summed E-state index contributed by atoms with van der Waals surface area (Å²) in [6.07, 6.45) is 2.09. The summed E-state index contributed by atoms with van der Waals surface area (Å²) in [5, 5.41) is 4.11. The molecule has 0 radical (unpaired) electrons. The van der Waals surface area contributed by atoms with Gasteiger partial charge in [-0.2, -0.15) is 4.98 Å². The SMILES string of the molecule is COc1ccc(-c2noc(CN3CCC(C4OCCO4)CC3)n2)cc1OC. The van der Waals surface area contributed by atoms with E-state index >= 15 is 0 Å². The van der Waals surface area contributed by atoms with E-state index in [1.807, 2.05) is 18.2 Å². The highest BCUT2D eigenvalue weighted by Gasteiger charge is 2.30. The molecular weight excluding hydrogens is 350 g/mol. The molecule has 1 aromatic carbocycles. The van der Waals surface area contributed by atoms with E-state index in [-0.39, 0.29) is 6.29 Å². The first-order chi connectivity index (χ1) is 13.3. The molecule has 0 aliphatic carbocycles. The van der Waals surface area contributed by atoms with Crippen LogP contribution in [0.25, 0.3) is 11.4 Å². The molecule has 27 heavy (non-hydrogen) atoms. The van der Waals surface area contributed by atoms with Gasteiger partial charge in [-0.3, -0.25) is 4.90 Å². The fourth-order valence-corrected chi connectivity index (χ4v) is 3.63. The maximum Gasteiger partial charge on any atom is 0.241 e. The predicted octanol–water partition coefficient (Wildman–Crippen LogP) is 2.34. The Morgan fingerprint density at radius 1 is 1.07 bits per heavy atom. The first-order valence-electron chi connectivity index (χ1n) is 9.27. The van der Waals surface area contributed by atoms with E-state index in [2.05, 4.69) is 15.0 Å². The lowest BCUT2D eigenvalue weighted by Crippen LogP contribution is -2.37. The largest absolute Gasteiger partial charge is 0.493 e. The molecule has 0 bridgehead atoms. The van der Waals surface area contributed by atoms with Crippen molar-refractivity contribution in [2.45, 2.75) is 25.7 Å². The summed E-state index contributed by atoms with van der Waals surface area (Å²) < 4.78 is 27.3. The standard InChI is InChI=1S/C19H25N3O5/c1-23-15-4-3-14(11-16(15)24-2)18-20-17(27-21-18)12-22-7-5-13(6-8-22)19-25-9-10-26-19/h3-4,11,13,19H,5-10,12H2,1-2H3. The van der Waals surface area contributed by atoms with Crippen LogP contribution in [0, 0.1) is 5.92 Å². The van der Waals surface area contributed by atoms with Crippen LogP contribution in [0.2, 0.25) is 0 Å². The third-order valence-corrected chi connectivity index (χ3v) is 5.13. The minimum Gasteiger partial charge on any atom is -0.493 e. The van der Waals surface area contributed by atoms with Gasteiger partial charge in [0.25, 0.3) is 0 Å². The summed E-state index contributed by atoms with van der Waals surface area (Å²) in [4.78, 5) is 6.87. The first kappa shape index (κ1) is 18.2. The topological polar surface area (TPSA) is 79.1 Å². The Morgan fingerprint density at radius 2 is 1.81 bits per heavy atom. The van der Waals surface area contributed by atoms with Crippen molar-refractivity contribution in [3.63, 3.8) is 0 Å². The fraction of sp³-hybridized carbons (Fsp3) is 0.579. The van der Waals surface area contributed by atoms with Crippen LogP contribution >= 0.6 is 0 Å². The Labute approximate surface area is 158 Å². The van der Waals surface area contributed by atoms with Gasteiger partial charge in [-0.1, -0.05) is 5.16 Å². The molecule has 8 nitrogen and oxygen atoms in total. The highest BCUT2D eigenvalue weighted by Crippen LogP contribution is 2.31. The van der Waals surface area contributed by atoms with Gasteiger partial charge < -0.3 is 23.5 Å². The smallest absolute Gasteiger partial charge is 0.241 e. The van der Waals surface area contributed by atoms with E-state index in [0.717, 1.165) is 31.5 Å². The van der Waals surface area contributed by atoms with Gasteiger partial charge in [-0.15, -0.1) is 0 Å². The molecule has 8 heteroatoms. The van der Waals surface area contributed by atoms with E-state index in [1.165, 1.54) is 0 Å². The van der Waals surface area contributed by atoms with Crippen LogP contribution < -0.4 is 9.47 Å². The maximum atomic E-state index is 5.63. The van der Waals surface area contributed by atoms with Crippen molar-refractivity contribution in [3.05, 3.63) is 24.1 Å². The zero-order chi connectivity index (χ0) is 18.6. The quantitative estimate of drug-likeness (QED) is 0.761. The number of hydrogen-bond donors (Lipinski definition) is 0. The summed E-state index contributed by atoms with van der Waals surface area (Å²) in [6, 6.07) is 5.58. The Hall–Kier alpha value is -2.16. The van der Waals surface area contributed by atoms with E-state index in [4.69, 9.17) is 23.5 Å². The molecular formula is C19H25N3O5. The Bertz CT molecular complexity index is 752. The van der Waals surface area contributed by atoms with Gasteiger partial charge in [0.1, 0.15) is 0 Å². The van der Waals surface area contributed by atoms with Crippen molar-refractivity contribution >= 4 is 0 Å². The molecule has 0 saturated carbocycles. The Morgan fingerprint density at radius 3 is 2.52 bits per heavy atom. The number of aromatic nitrogens is 2. The van der Waals surface area contributed by atoms with Crippen molar-refractivity contribution in [3.8, 4) is 22.9 Å². The van der Waals surface area contributed by atoms with Gasteiger partial charge in [0.15, 0.2) is 17.8 Å². The molecule has 0 atom stereocenters. The fourth-order valence-electron chi connectivity index (χ4n) is 3.63. The molecule has 0 spiro atoms. The van der Waals surface area contributed by atoms with Crippen LogP contribution in [0.3, 0.4) is 0 Å². The van der Waals surface area contributed by atoms with E-state index in [0.29, 0.717) is 48.9 Å². The summed E-state index contributed by atoms with van der Waals surface area (Å²) in [7, 11) is 3.21. The number of benzene rings is 1.